The van der Waals surface area contributed by atoms with Crippen LogP contribution in [0.2, 0.25) is 0 Å². The standard InChI is InChI=1S/C30H38FN3O4/c1-18-7-8-19(2)26(18)34-30(37)38-17-20-9-11-21(12-10-20)24-5-3-4-6-25(24)29(36)33-27(28(32)35)22-13-15-23(31)16-14-22/h9-16,18-19,24-27H,3-8,17H2,1-2H3,(H2,32,35)(H,33,36)(H,34,37). The first-order valence-corrected chi connectivity index (χ1v) is 13.6. The molecule has 0 bridgehead atoms. The van der Waals surface area contributed by atoms with E-state index in [2.05, 4.69) is 24.5 Å². The van der Waals surface area contributed by atoms with Gasteiger partial charge in [-0.15, -0.1) is 0 Å². The number of halogens is 1. The quantitative estimate of drug-likeness (QED) is 0.447. The van der Waals surface area contributed by atoms with Crippen LogP contribution >= 0.6 is 0 Å². The van der Waals surface area contributed by atoms with Crippen molar-refractivity contribution < 1.29 is 23.5 Å². The minimum atomic E-state index is -1.02. The summed E-state index contributed by atoms with van der Waals surface area (Å²) >= 11 is 0. The maximum atomic E-state index is 13.3. The van der Waals surface area contributed by atoms with Crippen molar-refractivity contribution in [3.63, 3.8) is 0 Å². The number of carbonyl (C=O) groups is 3. The number of rotatable bonds is 8. The molecule has 2 fully saturated rings. The maximum Gasteiger partial charge on any atom is 0.407 e. The van der Waals surface area contributed by atoms with Crippen molar-refractivity contribution in [2.75, 3.05) is 0 Å². The molecule has 0 aliphatic heterocycles. The minimum Gasteiger partial charge on any atom is -0.445 e. The molecule has 0 aromatic heterocycles. The smallest absolute Gasteiger partial charge is 0.407 e. The van der Waals surface area contributed by atoms with E-state index in [0.717, 1.165) is 43.2 Å². The second-order valence-corrected chi connectivity index (χ2v) is 10.9. The highest BCUT2D eigenvalue weighted by Gasteiger charge is 2.34. The highest BCUT2D eigenvalue weighted by atomic mass is 19.1. The first-order chi connectivity index (χ1) is 18.2. The molecule has 4 rings (SSSR count). The number of alkyl carbamates (subject to hydrolysis) is 1. The molecule has 2 saturated carbocycles. The summed E-state index contributed by atoms with van der Waals surface area (Å²) in [5, 5.41) is 5.81. The van der Waals surface area contributed by atoms with Crippen molar-refractivity contribution in [3.8, 4) is 0 Å². The molecule has 0 radical (unpaired) electrons. The van der Waals surface area contributed by atoms with Crippen LogP contribution in [0, 0.1) is 23.6 Å². The number of hydrogen-bond donors (Lipinski definition) is 3. The molecule has 0 heterocycles. The lowest BCUT2D eigenvalue weighted by atomic mass is 9.74. The number of nitrogens with two attached hydrogens (primary N) is 1. The average Bonchev–Trinajstić information content (AvgIpc) is 3.23. The molecule has 2 aliphatic carbocycles. The van der Waals surface area contributed by atoms with Gasteiger partial charge in [0.15, 0.2) is 0 Å². The predicted molar refractivity (Wildman–Crippen MR) is 142 cm³/mol. The van der Waals surface area contributed by atoms with Gasteiger partial charge in [0.2, 0.25) is 11.8 Å². The van der Waals surface area contributed by atoms with Gasteiger partial charge in [-0.3, -0.25) is 9.59 Å². The van der Waals surface area contributed by atoms with Crippen molar-refractivity contribution in [3.05, 3.63) is 71.0 Å². The van der Waals surface area contributed by atoms with E-state index in [1.54, 1.807) is 0 Å². The third-order valence-corrected chi connectivity index (χ3v) is 8.24. The van der Waals surface area contributed by atoms with E-state index < -0.39 is 23.9 Å². The molecular weight excluding hydrogens is 485 g/mol. The number of benzene rings is 2. The highest BCUT2D eigenvalue weighted by Crippen LogP contribution is 2.38. The Balaban J connectivity index is 1.37. The highest BCUT2D eigenvalue weighted by molar-refractivity contribution is 5.89. The molecule has 204 valence electrons. The summed E-state index contributed by atoms with van der Waals surface area (Å²) in [6, 6.07) is 12.4. The maximum absolute atomic E-state index is 13.3. The summed E-state index contributed by atoms with van der Waals surface area (Å²) < 4.78 is 18.8. The van der Waals surface area contributed by atoms with E-state index in [-0.39, 0.29) is 30.4 Å². The Morgan fingerprint density at radius 3 is 2.21 bits per heavy atom. The second kappa shape index (κ2) is 12.4. The van der Waals surface area contributed by atoms with Gasteiger partial charge in [-0.2, -0.15) is 0 Å². The lowest BCUT2D eigenvalue weighted by molar-refractivity contribution is -0.131. The zero-order chi connectivity index (χ0) is 27.2. The van der Waals surface area contributed by atoms with Crippen molar-refractivity contribution >= 4 is 17.9 Å². The number of amides is 3. The topological polar surface area (TPSA) is 111 Å². The molecule has 2 aliphatic rings. The fraction of sp³-hybridized carbons (Fsp3) is 0.500. The molecule has 5 atom stereocenters. The van der Waals surface area contributed by atoms with Crippen LogP contribution in [0.25, 0.3) is 0 Å². The van der Waals surface area contributed by atoms with Gasteiger partial charge in [-0.1, -0.05) is 63.1 Å². The largest absolute Gasteiger partial charge is 0.445 e. The molecule has 3 amide bonds. The molecule has 2 aromatic rings. The first kappa shape index (κ1) is 27.6. The van der Waals surface area contributed by atoms with Gasteiger partial charge in [0.1, 0.15) is 18.5 Å². The Hall–Kier alpha value is -3.42. The summed E-state index contributed by atoms with van der Waals surface area (Å²) in [4.78, 5) is 37.7. The number of carbonyl (C=O) groups excluding carboxylic acids is 3. The SMILES string of the molecule is CC1CCC(C)C1NC(=O)OCc1ccc(C2CCCCC2C(=O)NC(C(N)=O)c2ccc(F)cc2)cc1. The van der Waals surface area contributed by atoms with E-state index in [0.29, 0.717) is 23.8 Å². The van der Waals surface area contributed by atoms with Crippen molar-refractivity contribution in [2.45, 2.75) is 77.0 Å². The molecule has 4 N–H and O–H groups in total. The van der Waals surface area contributed by atoms with Crippen LogP contribution in [0.3, 0.4) is 0 Å². The van der Waals surface area contributed by atoms with Crippen molar-refractivity contribution in [2.24, 2.45) is 23.5 Å². The molecule has 5 unspecified atom stereocenters. The van der Waals surface area contributed by atoms with Gasteiger partial charge in [-0.05, 0) is 72.3 Å². The average molecular weight is 524 g/mol. The predicted octanol–water partition coefficient (Wildman–Crippen LogP) is 5.10. The van der Waals surface area contributed by atoms with E-state index in [1.165, 1.54) is 24.3 Å². The Morgan fingerprint density at radius 1 is 0.947 bits per heavy atom. The van der Waals surface area contributed by atoms with Gasteiger partial charge < -0.3 is 21.1 Å². The van der Waals surface area contributed by atoms with E-state index in [1.807, 2.05) is 24.3 Å². The first-order valence-electron chi connectivity index (χ1n) is 13.6. The molecule has 7 nitrogen and oxygen atoms in total. The molecule has 0 spiro atoms. The van der Waals surface area contributed by atoms with Crippen LogP contribution in [-0.4, -0.2) is 23.9 Å². The zero-order valence-corrected chi connectivity index (χ0v) is 22.1. The van der Waals surface area contributed by atoms with E-state index in [9.17, 15) is 18.8 Å². The lowest BCUT2D eigenvalue weighted by Gasteiger charge is -2.32. The van der Waals surface area contributed by atoms with Gasteiger partial charge in [-0.25, -0.2) is 9.18 Å². The third-order valence-electron chi connectivity index (χ3n) is 8.24. The van der Waals surface area contributed by atoms with Crippen LogP contribution in [-0.2, 0) is 20.9 Å². The lowest BCUT2D eigenvalue weighted by Crippen LogP contribution is -2.42. The zero-order valence-electron chi connectivity index (χ0n) is 22.1. The fourth-order valence-corrected chi connectivity index (χ4v) is 5.98. The van der Waals surface area contributed by atoms with Gasteiger partial charge in [0.05, 0.1) is 0 Å². The minimum absolute atomic E-state index is 0.00546. The summed E-state index contributed by atoms with van der Waals surface area (Å²) in [6.07, 6.45) is 5.32. The third kappa shape index (κ3) is 6.71. The number of hydrogen-bond acceptors (Lipinski definition) is 4. The Labute approximate surface area is 223 Å². The number of primary amides is 1. The fourth-order valence-electron chi connectivity index (χ4n) is 5.98. The normalized spacial score (nSPS) is 25.8. The Kier molecular flexibility index (Phi) is 9.02. The van der Waals surface area contributed by atoms with Gasteiger partial charge in [0, 0.05) is 12.0 Å². The number of nitrogens with one attached hydrogen (secondary N) is 2. The van der Waals surface area contributed by atoms with Crippen molar-refractivity contribution in [1.82, 2.24) is 10.6 Å². The summed E-state index contributed by atoms with van der Waals surface area (Å²) in [7, 11) is 0. The molecule has 8 heteroatoms. The van der Waals surface area contributed by atoms with Crippen LogP contribution in [0.15, 0.2) is 48.5 Å². The van der Waals surface area contributed by atoms with Crippen molar-refractivity contribution in [1.29, 1.82) is 0 Å². The molecule has 0 saturated heterocycles. The van der Waals surface area contributed by atoms with Crippen LogP contribution in [0.1, 0.15) is 81.0 Å². The van der Waals surface area contributed by atoms with E-state index in [4.69, 9.17) is 10.5 Å². The Bertz CT molecular complexity index is 1110. The Morgan fingerprint density at radius 2 is 1.58 bits per heavy atom. The van der Waals surface area contributed by atoms with Crippen LogP contribution < -0.4 is 16.4 Å². The van der Waals surface area contributed by atoms with Crippen LogP contribution in [0.5, 0.6) is 0 Å². The van der Waals surface area contributed by atoms with Gasteiger partial charge >= 0.3 is 6.09 Å². The molecule has 38 heavy (non-hydrogen) atoms. The molecule has 2 aromatic carbocycles. The summed E-state index contributed by atoms with van der Waals surface area (Å²) in [5.74, 6) is -0.769. The summed E-state index contributed by atoms with van der Waals surface area (Å²) in [6.45, 7) is 4.49. The summed E-state index contributed by atoms with van der Waals surface area (Å²) in [5.41, 5.74) is 7.92. The number of ether oxygens (including phenoxy) is 1. The monoisotopic (exact) mass is 523 g/mol. The van der Waals surface area contributed by atoms with Gasteiger partial charge in [0.25, 0.3) is 0 Å². The van der Waals surface area contributed by atoms with Crippen LogP contribution in [0.4, 0.5) is 9.18 Å². The second-order valence-electron chi connectivity index (χ2n) is 10.9. The molecular formula is C30H38FN3O4. The van der Waals surface area contributed by atoms with E-state index >= 15 is 0 Å².